The van der Waals surface area contributed by atoms with Crippen molar-refractivity contribution in [2.75, 3.05) is 14.2 Å². The van der Waals surface area contributed by atoms with Gasteiger partial charge in [0.2, 0.25) is 0 Å². The number of carbonyl (C=O) groups is 2. The maximum atomic E-state index is 11.4. The molecule has 0 aliphatic rings. The number of hydrogen-bond donors (Lipinski definition) is 0. The highest BCUT2D eigenvalue weighted by Gasteiger charge is 2.17. The maximum absolute atomic E-state index is 11.4. The fourth-order valence-electron chi connectivity index (χ4n) is 2.98. The molecule has 0 N–H and O–H groups in total. The van der Waals surface area contributed by atoms with Gasteiger partial charge in [0.15, 0.2) is 0 Å². The number of ether oxygens (including phenoxy) is 2. The molecule has 0 heterocycles. The number of unbranched alkanes of at least 4 members (excludes halogenated alkanes) is 8. The van der Waals surface area contributed by atoms with Crippen LogP contribution in [-0.2, 0) is 19.1 Å². The van der Waals surface area contributed by atoms with Gasteiger partial charge in [-0.25, -0.2) is 0 Å². The van der Waals surface area contributed by atoms with Gasteiger partial charge in [0.05, 0.1) is 14.2 Å². The Hall–Kier alpha value is -1.06. The van der Waals surface area contributed by atoms with Crippen molar-refractivity contribution in [2.45, 2.75) is 90.9 Å². The summed E-state index contributed by atoms with van der Waals surface area (Å²) in [4.78, 5) is 22.4. The average Bonchev–Trinajstić information content (AvgIpc) is 2.57. The van der Waals surface area contributed by atoms with Crippen LogP contribution in [0.1, 0.15) is 90.9 Å². The molecule has 24 heavy (non-hydrogen) atoms. The van der Waals surface area contributed by atoms with Gasteiger partial charge in [-0.05, 0) is 24.7 Å². The molecule has 142 valence electrons. The topological polar surface area (TPSA) is 52.6 Å². The van der Waals surface area contributed by atoms with E-state index in [4.69, 9.17) is 4.74 Å². The van der Waals surface area contributed by atoms with Gasteiger partial charge < -0.3 is 9.47 Å². The summed E-state index contributed by atoms with van der Waals surface area (Å²) in [6.07, 6.45) is 13.1. The number of rotatable bonds is 15. The largest absolute Gasteiger partial charge is 0.469 e. The maximum Gasteiger partial charge on any atom is 0.305 e. The van der Waals surface area contributed by atoms with E-state index in [1.165, 1.54) is 59.2 Å². The summed E-state index contributed by atoms with van der Waals surface area (Å²) in [5, 5.41) is 0. The van der Waals surface area contributed by atoms with Crippen molar-refractivity contribution in [3.05, 3.63) is 0 Å². The van der Waals surface area contributed by atoms with Crippen LogP contribution >= 0.6 is 0 Å². The molecule has 4 heteroatoms. The minimum atomic E-state index is -0.0955. The van der Waals surface area contributed by atoms with Crippen LogP contribution in [0.15, 0.2) is 0 Å². The van der Waals surface area contributed by atoms with Crippen LogP contribution in [0.5, 0.6) is 0 Å². The summed E-state index contributed by atoms with van der Waals surface area (Å²) < 4.78 is 9.41. The summed E-state index contributed by atoms with van der Waals surface area (Å²) >= 11 is 0. The van der Waals surface area contributed by atoms with Crippen molar-refractivity contribution in [1.29, 1.82) is 0 Å². The standard InChI is InChI=1S/C20H38O4/c1-17(2)18(16-20(22)24-4)14-12-10-8-6-5-7-9-11-13-15-19(21)23-3/h17-18H,5-16H2,1-4H3. The van der Waals surface area contributed by atoms with Crippen molar-refractivity contribution >= 4 is 11.9 Å². The van der Waals surface area contributed by atoms with Gasteiger partial charge in [-0.1, -0.05) is 65.2 Å². The molecule has 0 aliphatic carbocycles. The van der Waals surface area contributed by atoms with Gasteiger partial charge in [0.1, 0.15) is 0 Å². The molecule has 0 fully saturated rings. The molecule has 0 amide bonds. The van der Waals surface area contributed by atoms with E-state index in [0.717, 1.165) is 19.3 Å². The molecule has 1 unspecified atom stereocenters. The molecule has 0 aliphatic heterocycles. The van der Waals surface area contributed by atoms with Crippen molar-refractivity contribution < 1.29 is 19.1 Å². The summed E-state index contributed by atoms with van der Waals surface area (Å²) in [6.45, 7) is 4.38. The third-order valence-corrected chi connectivity index (χ3v) is 4.78. The van der Waals surface area contributed by atoms with E-state index in [9.17, 15) is 9.59 Å². The van der Waals surface area contributed by atoms with E-state index in [1.54, 1.807) is 0 Å². The summed E-state index contributed by atoms with van der Waals surface area (Å²) in [5.74, 6) is 0.809. The van der Waals surface area contributed by atoms with E-state index in [1.807, 2.05) is 0 Å². The highest BCUT2D eigenvalue weighted by Crippen LogP contribution is 2.23. The van der Waals surface area contributed by atoms with Crippen molar-refractivity contribution in [1.82, 2.24) is 0 Å². The van der Waals surface area contributed by atoms with E-state index in [-0.39, 0.29) is 11.9 Å². The van der Waals surface area contributed by atoms with Gasteiger partial charge >= 0.3 is 11.9 Å². The number of hydrogen-bond acceptors (Lipinski definition) is 4. The second-order valence-electron chi connectivity index (χ2n) is 7.08. The Balaban J connectivity index is 3.45. The third-order valence-electron chi connectivity index (χ3n) is 4.78. The molecule has 0 spiro atoms. The molecule has 0 saturated heterocycles. The fraction of sp³-hybridized carbons (Fsp3) is 0.900. The lowest BCUT2D eigenvalue weighted by Gasteiger charge is -2.19. The van der Waals surface area contributed by atoms with Gasteiger partial charge in [0.25, 0.3) is 0 Å². The summed E-state index contributed by atoms with van der Waals surface area (Å²) in [5.41, 5.74) is 0. The van der Waals surface area contributed by atoms with Crippen molar-refractivity contribution in [2.24, 2.45) is 11.8 Å². The SMILES string of the molecule is COC(=O)CCCCCCCCCCCC(CC(=O)OC)C(C)C. The Kier molecular flexibility index (Phi) is 14.8. The first kappa shape index (κ1) is 22.9. The minimum absolute atomic E-state index is 0.0825. The molecule has 0 aromatic rings. The van der Waals surface area contributed by atoms with E-state index in [0.29, 0.717) is 24.7 Å². The van der Waals surface area contributed by atoms with Crippen LogP contribution in [0.4, 0.5) is 0 Å². The van der Waals surface area contributed by atoms with Crippen LogP contribution in [0.2, 0.25) is 0 Å². The number of carbonyl (C=O) groups excluding carboxylic acids is 2. The Labute approximate surface area is 148 Å². The predicted molar refractivity (Wildman–Crippen MR) is 97.8 cm³/mol. The van der Waals surface area contributed by atoms with E-state index < -0.39 is 0 Å². The quantitative estimate of drug-likeness (QED) is 0.300. The Bertz CT molecular complexity index is 326. The molecular weight excluding hydrogens is 304 g/mol. The normalized spacial score (nSPS) is 12.2. The second kappa shape index (κ2) is 15.5. The molecule has 0 aromatic carbocycles. The van der Waals surface area contributed by atoms with E-state index >= 15 is 0 Å². The highest BCUT2D eigenvalue weighted by molar-refractivity contribution is 5.69. The molecule has 0 aromatic heterocycles. The molecule has 0 rings (SSSR count). The van der Waals surface area contributed by atoms with Crippen LogP contribution in [0.25, 0.3) is 0 Å². The first-order valence-electron chi connectivity index (χ1n) is 9.64. The third kappa shape index (κ3) is 13.4. The summed E-state index contributed by atoms with van der Waals surface area (Å²) in [6, 6.07) is 0. The lowest BCUT2D eigenvalue weighted by atomic mass is 9.87. The average molecular weight is 343 g/mol. The first-order valence-corrected chi connectivity index (χ1v) is 9.64. The van der Waals surface area contributed by atoms with Crippen molar-refractivity contribution in [3.8, 4) is 0 Å². The second-order valence-corrected chi connectivity index (χ2v) is 7.08. The minimum Gasteiger partial charge on any atom is -0.469 e. The predicted octanol–water partition coefficient (Wildman–Crippen LogP) is 5.29. The van der Waals surface area contributed by atoms with Gasteiger partial charge in [-0.2, -0.15) is 0 Å². The molecule has 0 bridgehead atoms. The van der Waals surface area contributed by atoms with Crippen LogP contribution in [0, 0.1) is 11.8 Å². The molecule has 1 atom stereocenters. The Morgan fingerprint density at radius 1 is 0.708 bits per heavy atom. The number of methoxy groups -OCH3 is 2. The smallest absolute Gasteiger partial charge is 0.305 e. The lowest BCUT2D eigenvalue weighted by Crippen LogP contribution is -2.15. The summed E-state index contributed by atoms with van der Waals surface area (Å²) in [7, 11) is 2.91. The zero-order valence-corrected chi connectivity index (χ0v) is 16.3. The fourth-order valence-corrected chi connectivity index (χ4v) is 2.98. The lowest BCUT2D eigenvalue weighted by molar-refractivity contribution is -0.142. The zero-order chi connectivity index (χ0) is 18.2. The highest BCUT2D eigenvalue weighted by atomic mass is 16.5. The van der Waals surface area contributed by atoms with E-state index in [2.05, 4.69) is 18.6 Å². The monoisotopic (exact) mass is 342 g/mol. The van der Waals surface area contributed by atoms with Crippen LogP contribution in [-0.4, -0.2) is 26.2 Å². The van der Waals surface area contributed by atoms with Crippen LogP contribution < -0.4 is 0 Å². The van der Waals surface area contributed by atoms with Gasteiger partial charge in [-0.3, -0.25) is 9.59 Å². The molecule has 0 radical (unpaired) electrons. The van der Waals surface area contributed by atoms with Gasteiger partial charge in [0, 0.05) is 12.8 Å². The molecule has 0 saturated carbocycles. The molecular formula is C20H38O4. The first-order chi connectivity index (χ1) is 11.5. The Morgan fingerprint density at radius 3 is 1.62 bits per heavy atom. The number of esters is 2. The zero-order valence-electron chi connectivity index (χ0n) is 16.3. The molecule has 4 nitrogen and oxygen atoms in total. The van der Waals surface area contributed by atoms with Crippen molar-refractivity contribution in [3.63, 3.8) is 0 Å². The Morgan fingerprint density at radius 2 is 1.17 bits per heavy atom. The van der Waals surface area contributed by atoms with Gasteiger partial charge in [-0.15, -0.1) is 0 Å². The van der Waals surface area contributed by atoms with Crippen LogP contribution in [0.3, 0.4) is 0 Å².